The molecule has 0 atom stereocenters. The summed E-state index contributed by atoms with van der Waals surface area (Å²) in [6.45, 7) is 1.86. The van der Waals surface area contributed by atoms with Gasteiger partial charge in [-0.1, -0.05) is 12.1 Å². The Bertz CT molecular complexity index is 480. The van der Waals surface area contributed by atoms with Gasteiger partial charge in [0.2, 0.25) is 5.78 Å². The van der Waals surface area contributed by atoms with Crippen LogP contribution >= 0.6 is 0 Å². The SMILES string of the molecule is Cc1cccnc1C(=O)c1ccccn1. The minimum Gasteiger partial charge on any atom is -0.285 e. The Balaban J connectivity index is 2.42. The van der Waals surface area contributed by atoms with Crippen LogP contribution < -0.4 is 0 Å². The lowest BCUT2D eigenvalue weighted by Gasteiger charge is -2.01. The number of ketones is 1. The number of hydrogen-bond donors (Lipinski definition) is 0. The second-order valence-electron chi connectivity index (χ2n) is 3.21. The fourth-order valence-corrected chi connectivity index (χ4v) is 1.34. The van der Waals surface area contributed by atoms with Gasteiger partial charge in [-0.05, 0) is 30.7 Å². The van der Waals surface area contributed by atoms with Crippen molar-refractivity contribution in [1.82, 2.24) is 9.97 Å². The van der Waals surface area contributed by atoms with E-state index < -0.39 is 0 Å². The molecule has 0 bridgehead atoms. The molecule has 3 heteroatoms. The standard InChI is InChI=1S/C12H10N2O/c1-9-5-4-8-14-11(9)12(15)10-6-2-3-7-13-10/h2-8H,1H3. The quantitative estimate of drug-likeness (QED) is 0.693. The first-order valence-electron chi connectivity index (χ1n) is 4.66. The molecule has 0 N–H and O–H groups in total. The molecule has 3 nitrogen and oxygen atoms in total. The molecule has 2 aromatic heterocycles. The number of aryl methyl sites for hydroxylation is 1. The van der Waals surface area contributed by atoms with E-state index >= 15 is 0 Å². The summed E-state index contributed by atoms with van der Waals surface area (Å²) in [5.41, 5.74) is 1.77. The number of nitrogens with zero attached hydrogens (tertiary/aromatic N) is 2. The average Bonchev–Trinajstić information content (AvgIpc) is 2.30. The maximum absolute atomic E-state index is 11.9. The molecule has 2 aromatic rings. The van der Waals surface area contributed by atoms with Crippen molar-refractivity contribution in [2.24, 2.45) is 0 Å². The summed E-state index contributed by atoms with van der Waals surface area (Å²) >= 11 is 0. The molecule has 0 unspecified atom stereocenters. The predicted octanol–water partition coefficient (Wildman–Crippen LogP) is 2.02. The first-order chi connectivity index (χ1) is 7.29. The van der Waals surface area contributed by atoms with Crippen LogP contribution in [0.1, 0.15) is 21.7 Å². The van der Waals surface area contributed by atoms with Crippen molar-refractivity contribution in [2.45, 2.75) is 6.92 Å². The van der Waals surface area contributed by atoms with Crippen LogP contribution in [0.2, 0.25) is 0 Å². The molecule has 0 aliphatic carbocycles. The summed E-state index contributed by atoms with van der Waals surface area (Å²) in [4.78, 5) is 20.0. The van der Waals surface area contributed by atoms with Crippen LogP contribution in [0.4, 0.5) is 0 Å². The van der Waals surface area contributed by atoms with E-state index in [1.807, 2.05) is 19.1 Å². The van der Waals surface area contributed by atoms with Crippen LogP contribution in [0.25, 0.3) is 0 Å². The van der Waals surface area contributed by atoms with E-state index in [9.17, 15) is 4.79 Å². The molecule has 74 valence electrons. The molecule has 0 aliphatic heterocycles. The maximum Gasteiger partial charge on any atom is 0.229 e. The summed E-state index contributed by atoms with van der Waals surface area (Å²) < 4.78 is 0. The monoisotopic (exact) mass is 198 g/mol. The molecule has 0 amide bonds. The fourth-order valence-electron chi connectivity index (χ4n) is 1.34. The molecule has 0 aromatic carbocycles. The van der Waals surface area contributed by atoms with Crippen molar-refractivity contribution in [3.05, 3.63) is 59.7 Å². The predicted molar refractivity (Wildman–Crippen MR) is 56.6 cm³/mol. The number of carbonyl (C=O) groups excluding carboxylic acids is 1. The van der Waals surface area contributed by atoms with Gasteiger partial charge in [0.15, 0.2) is 0 Å². The van der Waals surface area contributed by atoms with Gasteiger partial charge in [-0.2, -0.15) is 0 Å². The Kier molecular flexibility index (Phi) is 2.54. The zero-order valence-corrected chi connectivity index (χ0v) is 8.34. The summed E-state index contributed by atoms with van der Waals surface area (Å²) in [6.07, 6.45) is 3.22. The number of carbonyl (C=O) groups is 1. The molecule has 15 heavy (non-hydrogen) atoms. The minimum atomic E-state index is -0.131. The third-order valence-electron chi connectivity index (χ3n) is 2.12. The number of hydrogen-bond acceptors (Lipinski definition) is 3. The lowest BCUT2D eigenvalue weighted by Crippen LogP contribution is -2.07. The van der Waals surface area contributed by atoms with Crippen molar-refractivity contribution in [2.75, 3.05) is 0 Å². The minimum absolute atomic E-state index is 0.131. The fraction of sp³-hybridized carbons (Fsp3) is 0.0833. The Labute approximate surface area is 87.8 Å². The van der Waals surface area contributed by atoms with Crippen LogP contribution in [0.15, 0.2) is 42.7 Å². The summed E-state index contributed by atoms with van der Waals surface area (Å²) in [7, 11) is 0. The molecule has 2 rings (SSSR count). The van der Waals surface area contributed by atoms with E-state index in [4.69, 9.17) is 0 Å². The van der Waals surface area contributed by atoms with E-state index in [2.05, 4.69) is 9.97 Å². The van der Waals surface area contributed by atoms with Gasteiger partial charge in [-0.15, -0.1) is 0 Å². The largest absolute Gasteiger partial charge is 0.285 e. The second kappa shape index (κ2) is 4.00. The van der Waals surface area contributed by atoms with Crippen molar-refractivity contribution < 1.29 is 4.79 Å². The van der Waals surface area contributed by atoms with Crippen LogP contribution in [0, 0.1) is 6.92 Å². The van der Waals surface area contributed by atoms with Crippen LogP contribution in [0.3, 0.4) is 0 Å². The van der Waals surface area contributed by atoms with Gasteiger partial charge in [0.25, 0.3) is 0 Å². The highest BCUT2D eigenvalue weighted by Crippen LogP contribution is 2.08. The average molecular weight is 198 g/mol. The zero-order chi connectivity index (χ0) is 10.7. The van der Waals surface area contributed by atoms with Gasteiger partial charge < -0.3 is 0 Å². The smallest absolute Gasteiger partial charge is 0.229 e. The van der Waals surface area contributed by atoms with Gasteiger partial charge in [0, 0.05) is 12.4 Å². The van der Waals surface area contributed by atoms with Crippen LogP contribution in [0.5, 0.6) is 0 Å². The Morgan fingerprint density at radius 3 is 2.53 bits per heavy atom. The lowest BCUT2D eigenvalue weighted by atomic mass is 10.1. The van der Waals surface area contributed by atoms with E-state index in [0.717, 1.165) is 5.56 Å². The van der Waals surface area contributed by atoms with Gasteiger partial charge in [-0.3, -0.25) is 14.8 Å². The molecule has 0 saturated heterocycles. The topological polar surface area (TPSA) is 42.9 Å². The highest BCUT2D eigenvalue weighted by molar-refractivity contribution is 6.07. The summed E-state index contributed by atoms with van der Waals surface area (Å²) in [6, 6.07) is 8.94. The molecule has 0 fully saturated rings. The zero-order valence-electron chi connectivity index (χ0n) is 8.34. The number of aromatic nitrogens is 2. The van der Waals surface area contributed by atoms with Gasteiger partial charge in [0.1, 0.15) is 11.4 Å². The third kappa shape index (κ3) is 1.91. The molecule has 0 aliphatic rings. The van der Waals surface area contributed by atoms with E-state index in [-0.39, 0.29) is 5.78 Å². The summed E-state index contributed by atoms with van der Waals surface area (Å²) in [5.74, 6) is -0.131. The first kappa shape index (κ1) is 9.52. The molecule has 0 saturated carbocycles. The molecule has 0 radical (unpaired) electrons. The molecule has 2 heterocycles. The van der Waals surface area contributed by atoms with Crippen molar-refractivity contribution in [1.29, 1.82) is 0 Å². The molecular weight excluding hydrogens is 188 g/mol. The van der Waals surface area contributed by atoms with E-state index in [1.165, 1.54) is 0 Å². The summed E-state index contributed by atoms with van der Waals surface area (Å²) in [5, 5.41) is 0. The van der Waals surface area contributed by atoms with Crippen molar-refractivity contribution >= 4 is 5.78 Å². The maximum atomic E-state index is 11.9. The molecular formula is C12H10N2O. The molecule has 0 spiro atoms. The Hall–Kier alpha value is -2.03. The highest BCUT2D eigenvalue weighted by Gasteiger charge is 2.12. The normalized spacial score (nSPS) is 9.93. The van der Waals surface area contributed by atoms with Crippen LogP contribution in [-0.2, 0) is 0 Å². The highest BCUT2D eigenvalue weighted by atomic mass is 16.1. The number of pyridine rings is 2. The van der Waals surface area contributed by atoms with Gasteiger partial charge in [-0.25, -0.2) is 0 Å². The second-order valence-corrected chi connectivity index (χ2v) is 3.21. The van der Waals surface area contributed by atoms with E-state index in [0.29, 0.717) is 11.4 Å². The first-order valence-corrected chi connectivity index (χ1v) is 4.66. The van der Waals surface area contributed by atoms with E-state index in [1.54, 1.807) is 30.6 Å². The van der Waals surface area contributed by atoms with Crippen molar-refractivity contribution in [3.63, 3.8) is 0 Å². The Morgan fingerprint density at radius 2 is 1.87 bits per heavy atom. The lowest BCUT2D eigenvalue weighted by molar-refractivity contribution is 0.102. The van der Waals surface area contributed by atoms with Gasteiger partial charge >= 0.3 is 0 Å². The van der Waals surface area contributed by atoms with Crippen LogP contribution in [-0.4, -0.2) is 15.8 Å². The van der Waals surface area contributed by atoms with Gasteiger partial charge in [0.05, 0.1) is 0 Å². The number of rotatable bonds is 2. The third-order valence-corrected chi connectivity index (χ3v) is 2.12. The van der Waals surface area contributed by atoms with Crippen molar-refractivity contribution in [3.8, 4) is 0 Å². The Morgan fingerprint density at radius 1 is 1.07 bits per heavy atom.